The zero-order valence-corrected chi connectivity index (χ0v) is 18.4. The van der Waals surface area contributed by atoms with Gasteiger partial charge >= 0.3 is 0 Å². The molecule has 0 saturated carbocycles. The molecule has 9 heteroatoms. The van der Waals surface area contributed by atoms with Crippen molar-refractivity contribution in [2.45, 2.75) is 51.8 Å². The molecular weight excluding hydrogens is 402 g/mol. The molecule has 0 amide bonds. The van der Waals surface area contributed by atoms with Crippen LogP contribution in [0.3, 0.4) is 0 Å². The molecule has 4 rings (SSSR count). The average Bonchev–Trinajstić information content (AvgIpc) is 3.01. The van der Waals surface area contributed by atoms with Crippen molar-refractivity contribution in [1.82, 2.24) is 24.4 Å². The van der Waals surface area contributed by atoms with Crippen molar-refractivity contribution in [3.63, 3.8) is 0 Å². The lowest BCUT2D eigenvalue weighted by Gasteiger charge is -2.41. The molecule has 31 heavy (non-hydrogen) atoms. The zero-order chi connectivity index (χ0) is 22.5. The number of anilines is 1. The summed E-state index contributed by atoms with van der Waals surface area (Å²) in [6, 6.07) is 2.74. The van der Waals surface area contributed by atoms with E-state index in [2.05, 4.69) is 20.3 Å². The molecule has 0 radical (unpaired) electrons. The number of rotatable bonds is 4. The molecule has 3 aromatic rings. The van der Waals surface area contributed by atoms with Gasteiger partial charge in [0.25, 0.3) is 0 Å². The third-order valence-electron chi connectivity index (χ3n) is 5.90. The van der Waals surface area contributed by atoms with E-state index in [-0.39, 0.29) is 29.2 Å². The van der Waals surface area contributed by atoms with Gasteiger partial charge in [0.2, 0.25) is 5.95 Å². The number of hydrogen-bond acceptors (Lipinski definition) is 6. The van der Waals surface area contributed by atoms with Crippen molar-refractivity contribution in [2.24, 2.45) is 0 Å². The fourth-order valence-electron chi connectivity index (χ4n) is 4.48. The maximum Gasteiger partial charge on any atom is 0.223 e. The third kappa shape index (κ3) is 3.99. The molecule has 7 nitrogen and oxygen atoms in total. The number of β-amino-alcohol motifs (C(OH)–C–C–N with tert-alkyl or cyclic N) is 1. The number of aliphatic hydroxyl groups is 1. The second kappa shape index (κ2) is 7.80. The van der Waals surface area contributed by atoms with Gasteiger partial charge in [-0.25, -0.2) is 23.7 Å². The van der Waals surface area contributed by atoms with Crippen LogP contribution in [0, 0.1) is 18.6 Å². The Morgan fingerprint density at radius 1 is 1.23 bits per heavy atom. The monoisotopic (exact) mass is 430 g/mol. The van der Waals surface area contributed by atoms with E-state index in [4.69, 9.17) is 0 Å². The van der Waals surface area contributed by atoms with Gasteiger partial charge in [-0.3, -0.25) is 0 Å². The molecule has 0 spiro atoms. The van der Waals surface area contributed by atoms with Gasteiger partial charge < -0.3 is 19.9 Å². The summed E-state index contributed by atoms with van der Waals surface area (Å²) in [5.41, 5.74) is 0.167. The van der Waals surface area contributed by atoms with Gasteiger partial charge in [0.15, 0.2) is 11.6 Å². The highest BCUT2D eigenvalue weighted by Gasteiger charge is 2.37. The van der Waals surface area contributed by atoms with Crippen LogP contribution in [0.2, 0.25) is 0 Å². The molecule has 3 heterocycles. The minimum Gasteiger partial charge on any atom is -0.387 e. The number of likely N-dealkylation sites (tertiary alicyclic amines) is 1. The average molecular weight is 431 g/mol. The normalized spacial score (nSPS) is 22.4. The minimum absolute atomic E-state index is 0.0000273. The summed E-state index contributed by atoms with van der Waals surface area (Å²) < 4.78 is 31.4. The van der Waals surface area contributed by atoms with E-state index in [1.165, 1.54) is 6.07 Å². The van der Waals surface area contributed by atoms with Crippen LogP contribution in [0.15, 0.2) is 18.3 Å². The summed E-state index contributed by atoms with van der Waals surface area (Å²) in [6.07, 6.45) is 1.76. The van der Waals surface area contributed by atoms with Crippen molar-refractivity contribution in [3.05, 3.63) is 35.8 Å². The molecule has 2 N–H and O–H groups in total. The Morgan fingerprint density at radius 2 is 1.97 bits per heavy atom. The molecule has 1 aromatic carbocycles. The predicted molar refractivity (Wildman–Crippen MR) is 116 cm³/mol. The molecule has 0 bridgehead atoms. The van der Waals surface area contributed by atoms with E-state index in [1.807, 2.05) is 37.3 Å². The van der Waals surface area contributed by atoms with Gasteiger partial charge in [-0.1, -0.05) is 0 Å². The lowest BCUT2D eigenvalue weighted by atomic mass is 9.89. The largest absolute Gasteiger partial charge is 0.387 e. The summed E-state index contributed by atoms with van der Waals surface area (Å²) in [6.45, 7) is 8.85. The lowest BCUT2D eigenvalue weighted by Crippen LogP contribution is -2.57. The number of aromatic nitrogens is 4. The number of aryl methyl sites for hydroxylation is 1. The van der Waals surface area contributed by atoms with Crippen LogP contribution < -0.4 is 5.32 Å². The van der Waals surface area contributed by atoms with Crippen LogP contribution in [0.25, 0.3) is 22.3 Å². The van der Waals surface area contributed by atoms with Crippen molar-refractivity contribution < 1.29 is 13.9 Å². The molecule has 1 fully saturated rings. The van der Waals surface area contributed by atoms with Crippen LogP contribution in [-0.2, 0) is 0 Å². The molecule has 0 aliphatic carbocycles. The zero-order valence-electron chi connectivity index (χ0n) is 18.4. The van der Waals surface area contributed by atoms with Gasteiger partial charge in [0.1, 0.15) is 17.0 Å². The number of fused-ring (bicyclic) bond motifs is 1. The van der Waals surface area contributed by atoms with E-state index in [0.717, 1.165) is 12.7 Å². The third-order valence-corrected chi connectivity index (χ3v) is 5.90. The van der Waals surface area contributed by atoms with E-state index >= 15 is 0 Å². The SMILES string of the molecule is Cc1nc2c(F)cc(-c3nc(N[C@H]4CCN(C)C[C@@]4(C)O)ncc3F)cc2n1C(C)C. The highest BCUT2D eigenvalue weighted by Crippen LogP contribution is 2.31. The molecule has 0 unspecified atom stereocenters. The quantitative estimate of drug-likeness (QED) is 0.659. The summed E-state index contributed by atoms with van der Waals surface area (Å²) in [5, 5.41) is 13.9. The molecular formula is C22H28F2N6O. The molecule has 2 atom stereocenters. The first kappa shape index (κ1) is 21.6. The van der Waals surface area contributed by atoms with Crippen LogP contribution in [0.5, 0.6) is 0 Å². The van der Waals surface area contributed by atoms with E-state index < -0.39 is 17.2 Å². The highest BCUT2D eigenvalue weighted by molar-refractivity contribution is 5.83. The predicted octanol–water partition coefficient (Wildman–Crippen LogP) is 3.53. The highest BCUT2D eigenvalue weighted by atomic mass is 19.1. The summed E-state index contributed by atoms with van der Waals surface area (Å²) in [7, 11) is 1.95. The molecule has 1 aliphatic rings. The van der Waals surface area contributed by atoms with Crippen molar-refractivity contribution in [1.29, 1.82) is 0 Å². The van der Waals surface area contributed by atoms with Crippen LogP contribution in [0.1, 0.15) is 39.1 Å². The standard InChI is InChI=1S/C22H28F2N6O/c1-12(2)30-13(3)26-20-15(23)8-14(9-17(20)30)19-16(24)10-25-21(28-19)27-18-6-7-29(5)11-22(18,4)31/h8-10,12,18,31H,6-7,11H2,1-5H3,(H,25,27,28)/t18-,22+/m0/s1. The Morgan fingerprint density at radius 3 is 2.65 bits per heavy atom. The Kier molecular flexibility index (Phi) is 5.43. The lowest BCUT2D eigenvalue weighted by molar-refractivity contribution is -0.0178. The first-order chi connectivity index (χ1) is 14.6. The summed E-state index contributed by atoms with van der Waals surface area (Å²) in [5.74, 6) is -0.288. The van der Waals surface area contributed by atoms with Crippen molar-refractivity contribution in [3.8, 4) is 11.3 Å². The maximum atomic E-state index is 14.8. The van der Waals surface area contributed by atoms with Gasteiger partial charge in [0.05, 0.1) is 23.4 Å². The first-order valence-corrected chi connectivity index (χ1v) is 10.5. The number of hydrogen-bond donors (Lipinski definition) is 2. The Balaban J connectivity index is 1.74. The fraction of sp³-hybridized carbons (Fsp3) is 0.500. The van der Waals surface area contributed by atoms with Gasteiger partial charge in [0, 0.05) is 24.7 Å². The number of likely N-dealkylation sites (N-methyl/N-ethyl adjacent to an activating group) is 1. The van der Waals surface area contributed by atoms with E-state index in [1.54, 1.807) is 13.0 Å². The Hall–Kier alpha value is -2.65. The molecule has 166 valence electrons. The second-order valence-electron chi connectivity index (χ2n) is 8.92. The van der Waals surface area contributed by atoms with Gasteiger partial charge in [-0.2, -0.15) is 0 Å². The van der Waals surface area contributed by atoms with Crippen molar-refractivity contribution in [2.75, 3.05) is 25.5 Å². The maximum absolute atomic E-state index is 14.8. The fourth-order valence-corrected chi connectivity index (χ4v) is 4.48. The van der Waals surface area contributed by atoms with Crippen molar-refractivity contribution >= 4 is 17.0 Å². The smallest absolute Gasteiger partial charge is 0.223 e. The Labute approximate surface area is 180 Å². The molecule has 1 saturated heterocycles. The number of nitrogens with one attached hydrogen (secondary N) is 1. The molecule has 2 aromatic heterocycles. The summed E-state index contributed by atoms with van der Waals surface area (Å²) in [4.78, 5) is 14.8. The summed E-state index contributed by atoms with van der Waals surface area (Å²) >= 11 is 0. The van der Waals surface area contributed by atoms with Crippen LogP contribution in [-0.4, -0.2) is 61.3 Å². The minimum atomic E-state index is -0.989. The van der Waals surface area contributed by atoms with E-state index in [0.29, 0.717) is 29.9 Å². The number of benzene rings is 1. The molecule has 1 aliphatic heterocycles. The van der Waals surface area contributed by atoms with Gasteiger partial charge in [-0.15, -0.1) is 0 Å². The van der Waals surface area contributed by atoms with Crippen LogP contribution in [0.4, 0.5) is 14.7 Å². The van der Waals surface area contributed by atoms with E-state index in [9.17, 15) is 13.9 Å². The number of nitrogens with zero attached hydrogens (tertiary/aromatic N) is 5. The number of piperidine rings is 1. The second-order valence-corrected chi connectivity index (χ2v) is 8.92. The van der Waals surface area contributed by atoms with Crippen LogP contribution >= 0.6 is 0 Å². The Bertz CT molecular complexity index is 1130. The number of halogens is 2. The van der Waals surface area contributed by atoms with Gasteiger partial charge in [-0.05, 0) is 53.3 Å². The topological polar surface area (TPSA) is 79.1 Å². The number of imidazole rings is 1. The first-order valence-electron chi connectivity index (χ1n) is 10.5.